The molecule has 0 bridgehead atoms. The third-order valence-corrected chi connectivity index (χ3v) is 2.27. The zero-order valence-corrected chi connectivity index (χ0v) is 8.67. The minimum Gasteiger partial charge on any atom is -0.206 e. The Labute approximate surface area is 89.4 Å². The van der Waals surface area contributed by atoms with Crippen LogP contribution in [0.25, 0.3) is 5.57 Å². The van der Waals surface area contributed by atoms with E-state index in [1.807, 2.05) is 0 Å². The van der Waals surface area contributed by atoms with Gasteiger partial charge in [0.2, 0.25) is 0 Å². The maximum Gasteiger partial charge on any atom is 0.416 e. The summed E-state index contributed by atoms with van der Waals surface area (Å²) >= 11 is 0. The molecule has 16 heavy (non-hydrogen) atoms. The fourth-order valence-electron chi connectivity index (χ4n) is 1.31. The Morgan fingerprint density at radius 1 is 1.12 bits per heavy atom. The van der Waals surface area contributed by atoms with Gasteiger partial charge in [-0.05, 0) is 25.5 Å². The van der Waals surface area contributed by atoms with Crippen LogP contribution in [-0.4, -0.2) is 6.18 Å². The molecule has 0 amide bonds. The molecule has 0 atom stereocenters. The number of rotatable bonds is 1. The van der Waals surface area contributed by atoms with Crippen LogP contribution in [0.4, 0.5) is 22.0 Å². The molecule has 0 nitrogen and oxygen atoms in total. The lowest BCUT2D eigenvalue weighted by Crippen LogP contribution is -2.12. The summed E-state index contributed by atoms with van der Waals surface area (Å²) in [6, 6.07) is 0.813. The lowest BCUT2D eigenvalue weighted by molar-refractivity contribution is -0.0688. The highest BCUT2D eigenvalue weighted by Crippen LogP contribution is 2.35. The van der Waals surface area contributed by atoms with E-state index in [4.69, 9.17) is 0 Å². The van der Waals surface area contributed by atoms with Crippen molar-refractivity contribution in [1.29, 1.82) is 0 Å². The second-order valence-corrected chi connectivity index (χ2v) is 3.47. The van der Waals surface area contributed by atoms with E-state index in [1.165, 1.54) is 6.92 Å². The van der Waals surface area contributed by atoms with Gasteiger partial charge in [0.15, 0.2) is 0 Å². The molecule has 1 rings (SSSR count). The Morgan fingerprint density at radius 2 is 1.62 bits per heavy atom. The van der Waals surface area contributed by atoms with Crippen LogP contribution in [0.5, 0.6) is 0 Å². The molecule has 0 unspecified atom stereocenters. The molecular weight excluding hydrogens is 227 g/mol. The highest BCUT2D eigenvalue weighted by molar-refractivity contribution is 5.69. The lowest BCUT2D eigenvalue weighted by Gasteiger charge is -2.14. The van der Waals surface area contributed by atoms with Crippen molar-refractivity contribution in [3.8, 4) is 0 Å². The van der Waals surface area contributed by atoms with E-state index < -0.39 is 34.5 Å². The summed E-state index contributed by atoms with van der Waals surface area (Å²) in [6.07, 6.45) is -4.72. The first-order valence-corrected chi connectivity index (χ1v) is 4.38. The van der Waals surface area contributed by atoms with Crippen molar-refractivity contribution in [2.24, 2.45) is 0 Å². The zero-order chi connectivity index (χ0) is 12.7. The average Bonchev–Trinajstić information content (AvgIpc) is 2.18. The standard InChI is InChI=1S/C11H9F5/c1-5-4-8(7(3)11(14,15)16)10(13)6(2)9(5)12/h4H,3H2,1-2H3. The lowest BCUT2D eigenvalue weighted by atomic mass is 10.00. The average molecular weight is 236 g/mol. The number of benzene rings is 1. The first-order valence-electron chi connectivity index (χ1n) is 4.38. The summed E-state index contributed by atoms with van der Waals surface area (Å²) in [4.78, 5) is 0. The van der Waals surface area contributed by atoms with Gasteiger partial charge >= 0.3 is 6.18 Å². The van der Waals surface area contributed by atoms with E-state index in [0.29, 0.717) is 0 Å². The summed E-state index contributed by atoms with van der Waals surface area (Å²) in [5.74, 6) is -2.05. The minimum atomic E-state index is -4.72. The molecule has 0 saturated heterocycles. The molecule has 0 saturated carbocycles. The van der Waals surface area contributed by atoms with Crippen LogP contribution in [0.2, 0.25) is 0 Å². The molecule has 0 fully saturated rings. The van der Waals surface area contributed by atoms with Gasteiger partial charge in [-0.2, -0.15) is 13.2 Å². The molecule has 0 radical (unpaired) electrons. The van der Waals surface area contributed by atoms with Crippen molar-refractivity contribution in [3.05, 3.63) is 41.0 Å². The summed E-state index contributed by atoms with van der Waals surface area (Å²) in [6.45, 7) is 5.14. The predicted molar refractivity (Wildman–Crippen MR) is 50.9 cm³/mol. The van der Waals surface area contributed by atoms with E-state index >= 15 is 0 Å². The highest BCUT2D eigenvalue weighted by atomic mass is 19.4. The minimum absolute atomic E-state index is 0.0423. The Kier molecular flexibility index (Phi) is 3.08. The van der Waals surface area contributed by atoms with E-state index in [9.17, 15) is 22.0 Å². The van der Waals surface area contributed by atoms with Gasteiger partial charge in [-0.15, -0.1) is 0 Å². The van der Waals surface area contributed by atoms with Crippen LogP contribution in [0.15, 0.2) is 12.6 Å². The van der Waals surface area contributed by atoms with Crippen LogP contribution >= 0.6 is 0 Å². The van der Waals surface area contributed by atoms with E-state index in [2.05, 4.69) is 6.58 Å². The third kappa shape index (κ3) is 2.08. The molecule has 88 valence electrons. The summed E-state index contributed by atoms with van der Waals surface area (Å²) in [7, 11) is 0. The van der Waals surface area contributed by atoms with Crippen LogP contribution in [0.1, 0.15) is 16.7 Å². The molecule has 0 aliphatic carbocycles. The second-order valence-electron chi connectivity index (χ2n) is 3.47. The molecule has 0 heterocycles. The topological polar surface area (TPSA) is 0 Å². The molecule has 0 aromatic heterocycles. The van der Waals surface area contributed by atoms with Gasteiger partial charge in [0.1, 0.15) is 11.6 Å². The van der Waals surface area contributed by atoms with Gasteiger partial charge < -0.3 is 0 Å². The van der Waals surface area contributed by atoms with Crippen molar-refractivity contribution in [3.63, 3.8) is 0 Å². The van der Waals surface area contributed by atoms with Crippen LogP contribution < -0.4 is 0 Å². The molecule has 1 aromatic carbocycles. The number of halogens is 5. The molecule has 0 aliphatic rings. The van der Waals surface area contributed by atoms with Crippen LogP contribution in [0, 0.1) is 25.5 Å². The number of allylic oxidation sites excluding steroid dienone is 1. The van der Waals surface area contributed by atoms with Gasteiger partial charge in [0.25, 0.3) is 0 Å². The fourth-order valence-corrected chi connectivity index (χ4v) is 1.31. The van der Waals surface area contributed by atoms with Gasteiger partial charge in [-0.3, -0.25) is 0 Å². The van der Waals surface area contributed by atoms with Gasteiger partial charge in [0, 0.05) is 11.1 Å². The Hall–Kier alpha value is -1.39. The number of alkyl halides is 3. The Balaban J connectivity index is 3.43. The monoisotopic (exact) mass is 236 g/mol. The van der Waals surface area contributed by atoms with Crippen LogP contribution in [0.3, 0.4) is 0 Å². The Morgan fingerprint density at radius 3 is 2.06 bits per heavy atom. The molecular formula is C11H9F5. The molecule has 5 heteroatoms. The van der Waals surface area contributed by atoms with Crippen molar-refractivity contribution >= 4 is 5.57 Å². The van der Waals surface area contributed by atoms with E-state index in [0.717, 1.165) is 13.0 Å². The maximum atomic E-state index is 13.4. The highest BCUT2D eigenvalue weighted by Gasteiger charge is 2.35. The summed E-state index contributed by atoms with van der Waals surface area (Å²) in [5, 5.41) is 0. The number of hydrogen-bond acceptors (Lipinski definition) is 0. The van der Waals surface area contributed by atoms with E-state index in [1.54, 1.807) is 0 Å². The largest absolute Gasteiger partial charge is 0.416 e. The maximum absolute atomic E-state index is 13.4. The van der Waals surface area contributed by atoms with E-state index in [-0.39, 0.29) is 5.56 Å². The van der Waals surface area contributed by atoms with Gasteiger partial charge in [0.05, 0.1) is 5.57 Å². The number of hydrogen-bond donors (Lipinski definition) is 0. The van der Waals surface area contributed by atoms with Crippen LogP contribution in [-0.2, 0) is 0 Å². The quantitative estimate of drug-likeness (QED) is 0.642. The summed E-state index contributed by atoms with van der Waals surface area (Å²) < 4.78 is 63.6. The molecule has 1 aromatic rings. The van der Waals surface area contributed by atoms with Crippen molar-refractivity contribution in [2.75, 3.05) is 0 Å². The van der Waals surface area contributed by atoms with Crippen molar-refractivity contribution in [1.82, 2.24) is 0 Å². The van der Waals surface area contributed by atoms with Crippen molar-refractivity contribution < 1.29 is 22.0 Å². The SMILES string of the molecule is C=C(c1cc(C)c(F)c(C)c1F)C(F)(F)F. The first kappa shape index (κ1) is 12.7. The van der Waals surface area contributed by atoms with Gasteiger partial charge in [-0.25, -0.2) is 8.78 Å². The fraction of sp³-hybridized carbons (Fsp3) is 0.273. The number of aryl methyl sites for hydroxylation is 1. The summed E-state index contributed by atoms with van der Waals surface area (Å²) in [5.41, 5.74) is -2.49. The normalized spacial score (nSPS) is 11.7. The first-order chi connectivity index (χ1) is 7.16. The van der Waals surface area contributed by atoms with Crippen molar-refractivity contribution in [2.45, 2.75) is 20.0 Å². The molecule has 0 N–H and O–H groups in total. The zero-order valence-electron chi connectivity index (χ0n) is 8.67. The Bertz CT molecular complexity index is 443. The molecule has 0 spiro atoms. The predicted octanol–water partition coefficient (Wildman–Crippen LogP) is 4.16. The molecule has 0 aliphatic heterocycles. The second kappa shape index (κ2) is 3.88. The third-order valence-electron chi connectivity index (χ3n) is 2.27. The smallest absolute Gasteiger partial charge is 0.206 e. The van der Waals surface area contributed by atoms with Gasteiger partial charge in [-0.1, -0.05) is 6.58 Å².